The minimum absolute atomic E-state index is 0.00669. The Balaban J connectivity index is 1.70. The average Bonchev–Trinajstić information content (AvgIpc) is 3.15. The first-order valence-corrected chi connectivity index (χ1v) is 7.75. The van der Waals surface area contributed by atoms with E-state index in [-0.39, 0.29) is 5.75 Å². The van der Waals surface area contributed by atoms with Crippen molar-refractivity contribution in [2.45, 2.75) is 6.61 Å². The van der Waals surface area contributed by atoms with Gasteiger partial charge in [-0.2, -0.15) is 13.9 Å². The van der Waals surface area contributed by atoms with Gasteiger partial charge < -0.3 is 10.1 Å². The van der Waals surface area contributed by atoms with Gasteiger partial charge in [-0.3, -0.25) is 4.79 Å². The lowest BCUT2D eigenvalue weighted by molar-refractivity contribution is -0.111. The number of alkyl halides is 2. The molecule has 1 amide bonds. The van der Waals surface area contributed by atoms with Crippen LogP contribution in [0.4, 0.5) is 14.5 Å². The summed E-state index contributed by atoms with van der Waals surface area (Å²) < 4.78 is 30.9. The molecular weight excluding hydrogens is 340 g/mol. The summed E-state index contributed by atoms with van der Waals surface area (Å²) in [7, 11) is 0. The molecule has 5 nitrogen and oxygen atoms in total. The molecule has 0 aliphatic carbocycles. The molecule has 0 saturated heterocycles. The maximum Gasteiger partial charge on any atom is 0.387 e. The van der Waals surface area contributed by atoms with Crippen molar-refractivity contribution in [3.8, 4) is 11.4 Å². The van der Waals surface area contributed by atoms with Crippen LogP contribution in [0.3, 0.4) is 0 Å². The number of rotatable bonds is 6. The molecule has 7 heteroatoms. The Labute approximate surface area is 148 Å². The summed E-state index contributed by atoms with van der Waals surface area (Å²) >= 11 is 0. The van der Waals surface area contributed by atoms with Crippen molar-refractivity contribution in [3.63, 3.8) is 0 Å². The second kappa shape index (κ2) is 8.06. The molecule has 3 rings (SSSR count). The van der Waals surface area contributed by atoms with E-state index in [4.69, 9.17) is 0 Å². The summed E-state index contributed by atoms with van der Waals surface area (Å²) in [6.07, 6.45) is 6.13. The Morgan fingerprint density at radius 2 is 2.00 bits per heavy atom. The fourth-order valence-corrected chi connectivity index (χ4v) is 2.32. The first kappa shape index (κ1) is 17.3. The van der Waals surface area contributed by atoms with Crippen LogP contribution < -0.4 is 10.1 Å². The van der Waals surface area contributed by atoms with Crippen molar-refractivity contribution >= 4 is 17.7 Å². The van der Waals surface area contributed by atoms with Crippen molar-refractivity contribution < 1.29 is 18.3 Å². The Morgan fingerprint density at radius 3 is 2.77 bits per heavy atom. The minimum Gasteiger partial charge on any atom is -0.434 e. The molecule has 0 saturated carbocycles. The largest absolute Gasteiger partial charge is 0.434 e. The highest BCUT2D eigenvalue weighted by atomic mass is 19.3. The molecule has 0 aliphatic heterocycles. The summed E-state index contributed by atoms with van der Waals surface area (Å²) in [5.74, 6) is -0.387. The van der Waals surface area contributed by atoms with Crippen LogP contribution in [-0.2, 0) is 4.79 Å². The number of hydrogen-bond donors (Lipinski definition) is 1. The van der Waals surface area contributed by atoms with E-state index in [9.17, 15) is 13.6 Å². The molecule has 0 fully saturated rings. The predicted octanol–water partition coefficient (Wildman–Crippen LogP) is 4.13. The number of benzene rings is 2. The molecule has 3 aromatic rings. The van der Waals surface area contributed by atoms with Crippen molar-refractivity contribution in [1.29, 1.82) is 0 Å². The smallest absolute Gasteiger partial charge is 0.387 e. The van der Waals surface area contributed by atoms with E-state index >= 15 is 0 Å². The molecule has 0 spiro atoms. The summed E-state index contributed by atoms with van der Waals surface area (Å²) in [5, 5.41) is 6.85. The number of halogens is 2. The number of para-hydroxylation sites is 1. The molecule has 1 N–H and O–H groups in total. The van der Waals surface area contributed by atoms with Gasteiger partial charge in [0.25, 0.3) is 0 Å². The molecular formula is C19H15F2N3O2. The lowest BCUT2D eigenvalue weighted by atomic mass is 10.2. The molecule has 0 unspecified atom stereocenters. The number of amides is 1. The molecule has 26 heavy (non-hydrogen) atoms. The van der Waals surface area contributed by atoms with Gasteiger partial charge in [0.2, 0.25) is 5.91 Å². The van der Waals surface area contributed by atoms with Crippen LogP contribution in [0.15, 0.2) is 73.1 Å². The Bertz CT molecular complexity index is 909. The molecule has 0 bridgehead atoms. The number of aromatic nitrogens is 2. The maximum atomic E-state index is 12.4. The zero-order valence-corrected chi connectivity index (χ0v) is 13.5. The SMILES string of the molecule is O=C(C=Cc1ccccc1OC(F)F)Nc1cccc(-n2cccn2)c1. The van der Waals surface area contributed by atoms with E-state index in [0.29, 0.717) is 11.3 Å². The zero-order valence-electron chi connectivity index (χ0n) is 13.5. The van der Waals surface area contributed by atoms with Crippen LogP contribution in [0.5, 0.6) is 5.75 Å². The topological polar surface area (TPSA) is 56.1 Å². The summed E-state index contributed by atoms with van der Waals surface area (Å²) in [6, 6.07) is 15.2. The van der Waals surface area contributed by atoms with Gasteiger partial charge in [-0.25, -0.2) is 4.68 Å². The zero-order chi connectivity index (χ0) is 18.4. The van der Waals surface area contributed by atoms with Gasteiger partial charge in [-0.15, -0.1) is 0 Å². The Kier molecular flexibility index (Phi) is 5.38. The van der Waals surface area contributed by atoms with Gasteiger partial charge in [0.15, 0.2) is 0 Å². The number of anilines is 1. The van der Waals surface area contributed by atoms with Gasteiger partial charge >= 0.3 is 6.61 Å². The van der Waals surface area contributed by atoms with Crippen molar-refractivity contribution in [1.82, 2.24) is 9.78 Å². The fourth-order valence-electron chi connectivity index (χ4n) is 2.32. The normalized spacial score (nSPS) is 11.0. The van der Waals surface area contributed by atoms with Gasteiger partial charge in [-0.1, -0.05) is 24.3 Å². The first-order valence-electron chi connectivity index (χ1n) is 7.75. The van der Waals surface area contributed by atoms with Crippen LogP contribution in [0, 0.1) is 0 Å². The van der Waals surface area contributed by atoms with Crippen LogP contribution in [0.25, 0.3) is 11.8 Å². The van der Waals surface area contributed by atoms with E-state index in [1.807, 2.05) is 6.07 Å². The van der Waals surface area contributed by atoms with Crippen molar-refractivity contribution in [2.75, 3.05) is 5.32 Å². The van der Waals surface area contributed by atoms with Crippen molar-refractivity contribution in [3.05, 3.63) is 78.6 Å². The number of hydrogen-bond acceptors (Lipinski definition) is 3. The maximum absolute atomic E-state index is 12.4. The molecule has 132 valence electrons. The molecule has 1 heterocycles. The quantitative estimate of drug-likeness (QED) is 0.677. The molecule has 2 aromatic carbocycles. The van der Waals surface area contributed by atoms with Gasteiger partial charge in [0.05, 0.1) is 5.69 Å². The molecule has 0 atom stereocenters. The van der Waals surface area contributed by atoms with E-state index in [2.05, 4.69) is 15.2 Å². The number of ether oxygens (including phenoxy) is 1. The van der Waals surface area contributed by atoms with Crippen LogP contribution in [0.2, 0.25) is 0 Å². The van der Waals surface area contributed by atoms with Gasteiger partial charge in [0, 0.05) is 29.7 Å². The lowest BCUT2D eigenvalue weighted by Gasteiger charge is -2.08. The molecule has 1 aromatic heterocycles. The average molecular weight is 355 g/mol. The number of carbonyl (C=O) groups is 1. The Morgan fingerprint density at radius 1 is 1.15 bits per heavy atom. The van der Waals surface area contributed by atoms with Crippen LogP contribution in [0.1, 0.15) is 5.56 Å². The minimum atomic E-state index is -2.93. The Hall–Kier alpha value is -3.48. The fraction of sp³-hybridized carbons (Fsp3) is 0.0526. The third kappa shape index (κ3) is 4.54. The monoisotopic (exact) mass is 355 g/mol. The van der Waals surface area contributed by atoms with E-state index in [0.717, 1.165) is 5.69 Å². The van der Waals surface area contributed by atoms with E-state index in [1.165, 1.54) is 18.2 Å². The lowest BCUT2D eigenvalue weighted by Crippen LogP contribution is -2.08. The van der Waals surface area contributed by atoms with Gasteiger partial charge in [-0.05, 0) is 36.4 Å². The van der Waals surface area contributed by atoms with Crippen molar-refractivity contribution in [2.24, 2.45) is 0 Å². The standard InChI is InChI=1S/C19H15F2N3O2/c20-19(21)26-17-8-2-1-5-14(17)9-10-18(25)23-15-6-3-7-16(13-15)24-12-4-11-22-24/h1-13,19H,(H,23,25). The summed E-state index contributed by atoms with van der Waals surface area (Å²) in [4.78, 5) is 12.1. The summed E-state index contributed by atoms with van der Waals surface area (Å²) in [6.45, 7) is -2.93. The third-order valence-corrected chi connectivity index (χ3v) is 3.43. The van der Waals surface area contributed by atoms with Crippen LogP contribution >= 0.6 is 0 Å². The highest BCUT2D eigenvalue weighted by molar-refractivity contribution is 6.02. The molecule has 0 radical (unpaired) electrons. The van der Waals surface area contributed by atoms with E-state index < -0.39 is 12.5 Å². The van der Waals surface area contributed by atoms with Gasteiger partial charge in [0.1, 0.15) is 5.75 Å². The summed E-state index contributed by atoms with van der Waals surface area (Å²) in [5.41, 5.74) is 1.77. The van der Waals surface area contributed by atoms with Crippen LogP contribution in [-0.4, -0.2) is 22.3 Å². The van der Waals surface area contributed by atoms with E-state index in [1.54, 1.807) is 59.5 Å². The number of nitrogens with zero attached hydrogens (tertiary/aromatic N) is 2. The first-order chi connectivity index (χ1) is 12.6. The number of carbonyl (C=O) groups excluding carboxylic acids is 1. The second-order valence-corrected chi connectivity index (χ2v) is 5.24. The highest BCUT2D eigenvalue weighted by Crippen LogP contribution is 2.21. The second-order valence-electron chi connectivity index (χ2n) is 5.24. The predicted molar refractivity (Wildman–Crippen MR) is 94.3 cm³/mol. The number of nitrogens with one attached hydrogen (secondary N) is 1. The third-order valence-electron chi connectivity index (χ3n) is 3.43. The highest BCUT2D eigenvalue weighted by Gasteiger charge is 2.07. The molecule has 0 aliphatic rings.